The Morgan fingerprint density at radius 1 is 1.47 bits per heavy atom. The molecule has 1 rings (SSSR count). The maximum absolute atomic E-state index is 11.8. The van der Waals surface area contributed by atoms with Gasteiger partial charge in [0.05, 0.1) is 11.4 Å². The molecule has 0 bridgehead atoms. The molecule has 1 atom stereocenters. The van der Waals surface area contributed by atoms with Crippen LogP contribution in [-0.4, -0.2) is 28.0 Å². The third-order valence-corrected chi connectivity index (χ3v) is 3.30. The predicted molar refractivity (Wildman–Crippen MR) is 59.7 cm³/mol. The SMILES string of the molecule is CN(CC(N)=O)S(=O)c1ccc(Cl)cc1. The summed E-state index contributed by atoms with van der Waals surface area (Å²) in [4.78, 5) is 11.2. The number of rotatable bonds is 4. The maximum Gasteiger partial charge on any atom is 0.232 e. The summed E-state index contributed by atoms with van der Waals surface area (Å²) in [5, 5.41) is 0.577. The lowest BCUT2D eigenvalue weighted by molar-refractivity contribution is -0.118. The van der Waals surface area contributed by atoms with E-state index in [-0.39, 0.29) is 6.54 Å². The van der Waals surface area contributed by atoms with Crippen LogP contribution in [0.2, 0.25) is 5.02 Å². The fourth-order valence-corrected chi connectivity index (χ4v) is 2.11. The molecule has 6 heteroatoms. The van der Waals surface area contributed by atoms with Gasteiger partial charge >= 0.3 is 0 Å². The van der Waals surface area contributed by atoms with Crippen LogP contribution in [0.15, 0.2) is 29.2 Å². The molecular formula is C9H11ClN2O2S. The second-order valence-corrected chi connectivity index (χ2v) is 4.98. The Kier molecular flexibility index (Phi) is 4.26. The Labute approximate surface area is 95.6 Å². The van der Waals surface area contributed by atoms with E-state index in [1.54, 1.807) is 31.3 Å². The van der Waals surface area contributed by atoms with Crippen molar-refractivity contribution >= 4 is 28.5 Å². The van der Waals surface area contributed by atoms with Crippen LogP contribution < -0.4 is 5.73 Å². The number of nitrogens with two attached hydrogens (primary N) is 1. The molecule has 1 amide bonds. The average molecular weight is 247 g/mol. The van der Waals surface area contributed by atoms with Gasteiger partial charge in [0, 0.05) is 12.1 Å². The fourth-order valence-electron chi connectivity index (χ4n) is 1.01. The van der Waals surface area contributed by atoms with Crippen LogP contribution in [0.4, 0.5) is 0 Å². The van der Waals surface area contributed by atoms with Gasteiger partial charge in [0.2, 0.25) is 5.91 Å². The molecule has 15 heavy (non-hydrogen) atoms. The summed E-state index contributed by atoms with van der Waals surface area (Å²) >= 11 is 5.69. The first-order valence-electron chi connectivity index (χ1n) is 4.17. The van der Waals surface area contributed by atoms with Gasteiger partial charge in [-0.05, 0) is 24.3 Å². The van der Waals surface area contributed by atoms with Crippen molar-refractivity contribution in [3.05, 3.63) is 29.3 Å². The number of primary amides is 1. The van der Waals surface area contributed by atoms with Gasteiger partial charge in [-0.3, -0.25) is 4.79 Å². The lowest BCUT2D eigenvalue weighted by Crippen LogP contribution is -2.32. The quantitative estimate of drug-likeness (QED) is 0.853. The molecule has 0 aliphatic heterocycles. The number of halogens is 1. The summed E-state index contributed by atoms with van der Waals surface area (Å²) in [6.07, 6.45) is 0. The van der Waals surface area contributed by atoms with Crippen molar-refractivity contribution in [1.82, 2.24) is 4.31 Å². The minimum atomic E-state index is -1.38. The van der Waals surface area contributed by atoms with Crippen LogP contribution in [0, 0.1) is 0 Å². The van der Waals surface area contributed by atoms with Gasteiger partial charge in [-0.2, -0.15) is 0 Å². The van der Waals surface area contributed by atoms with E-state index in [0.717, 1.165) is 0 Å². The summed E-state index contributed by atoms with van der Waals surface area (Å²) in [5.41, 5.74) is 5.00. The molecule has 0 saturated carbocycles. The summed E-state index contributed by atoms with van der Waals surface area (Å²) in [6.45, 7) is -0.0464. The largest absolute Gasteiger partial charge is 0.369 e. The molecule has 0 aromatic heterocycles. The number of benzene rings is 1. The summed E-state index contributed by atoms with van der Waals surface area (Å²) in [5.74, 6) is -0.514. The molecule has 0 fully saturated rings. The van der Waals surface area contributed by atoms with E-state index in [9.17, 15) is 9.00 Å². The van der Waals surface area contributed by atoms with Gasteiger partial charge in [0.25, 0.3) is 0 Å². The smallest absolute Gasteiger partial charge is 0.232 e. The Morgan fingerprint density at radius 2 is 2.00 bits per heavy atom. The highest BCUT2D eigenvalue weighted by Gasteiger charge is 2.12. The topological polar surface area (TPSA) is 63.4 Å². The average Bonchev–Trinajstić information content (AvgIpc) is 2.17. The fraction of sp³-hybridized carbons (Fsp3) is 0.222. The second kappa shape index (κ2) is 5.25. The molecule has 1 aromatic rings. The highest BCUT2D eigenvalue weighted by molar-refractivity contribution is 7.82. The van der Waals surface area contributed by atoms with Crippen LogP contribution in [0.5, 0.6) is 0 Å². The first-order chi connectivity index (χ1) is 7.00. The van der Waals surface area contributed by atoms with Crippen LogP contribution >= 0.6 is 11.6 Å². The number of nitrogens with zero attached hydrogens (tertiary/aromatic N) is 1. The Morgan fingerprint density at radius 3 is 2.47 bits per heavy atom. The van der Waals surface area contributed by atoms with Crippen molar-refractivity contribution in [3.8, 4) is 0 Å². The normalized spacial score (nSPS) is 12.7. The number of carbonyl (C=O) groups is 1. The molecule has 1 unspecified atom stereocenters. The van der Waals surface area contributed by atoms with Crippen molar-refractivity contribution < 1.29 is 9.00 Å². The van der Waals surface area contributed by atoms with Gasteiger partial charge in [-0.15, -0.1) is 0 Å². The lowest BCUT2D eigenvalue weighted by Gasteiger charge is -2.13. The maximum atomic E-state index is 11.8. The summed E-state index contributed by atoms with van der Waals surface area (Å²) in [6, 6.07) is 6.59. The number of hydrogen-bond acceptors (Lipinski definition) is 2. The zero-order valence-corrected chi connectivity index (χ0v) is 9.72. The van der Waals surface area contributed by atoms with Gasteiger partial charge in [0.15, 0.2) is 0 Å². The Hall–Kier alpha value is -0.910. The van der Waals surface area contributed by atoms with Crippen LogP contribution in [0.25, 0.3) is 0 Å². The molecule has 0 aliphatic rings. The molecule has 82 valence electrons. The lowest BCUT2D eigenvalue weighted by atomic mass is 10.4. The third kappa shape index (κ3) is 3.62. The Balaban J connectivity index is 2.76. The van der Waals surface area contributed by atoms with E-state index in [2.05, 4.69) is 0 Å². The predicted octanol–water partition coefficient (Wildman–Crippen LogP) is 0.780. The standard InChI is InChI=1S/C9H11ClN2O2S/c1-12(6-9(11)13)15(14)8-4-2-7(10)3-5-8/h2-5H,6H2,1H3,(H2,11,13). The first-order valence-corrected chi connectivity index (χ1v) is 5.66. The van der Waals surface area contributed by atoms with Crippen LogP contribution in [0.3, 0.4) is 0 Å². The van der Waals surface area contributed by atoms with Crippen molar-refractivity contribution in [1.29, 1.82) is 0 Å². The van der Waals surface area contributed by atoms with Crippen molar-refractivity contribution in [2.24, 2.45) is 5.73 Å². The zero-order chi connectivity index (χ0) is 11.4. The van der Waals surface area contributed by atoms with Crippen LogP contribution in [0.1, 0.15) is 0 Å². The van der Waals surface area contributed by atoms with Crippen molar-refractivity contribution in [2.75, 3.05) is 13.6 Å². The molecule has 1 aromatic carbocycles. The van der Waals surface area contributed by atoms with Gasteiger partial charge in [-0.1, -0.05) is 11.6 Å². The van der Waals surface area contributed by atoms with Crippen LogP contribution in [-0.2, 0) is 15.8 Å². The zero-order valence-electron chi connectivity index (χ0n) is 8.14. The molecule has 2 N–H and O–H groups in total. The minimum absolute atomic E-state index is 0.0464. The number of amides is 1. The monoisotopic (exact) mass is 246 g/mol. The van der Waals surface area contributed by atoms with E-state index >= 15 is 0 Å². The molecule has 4 nitrogen and oxygen atoms in total. The molecule has 0 radical (unpaired) electrons. The number of likely N-dealkylation sites (N-methyl/N-ethyl adjacent to an activating group) is 1. The van der Waals surface area contributed by atoms with E-state index in [4.69, 9.17) is 17.3 Å². The molecule has 0 heterocycles. The molecule has 0 saturated heterocycles. The summed E-state index contributed by atoms with van der Waals surface area (Å²) < 4.78 is 13.1. The van der Waals surface area contributed by atoms with E-state index in [0.29, 0.717) is 9.92 Å². The first kappa shape index (κ1) is 12.2. The van der Waals surface area contributed by atoms with Gasteiger partial charge in [-0.25, -0.2) is 8.51 Å². The van der Waals surface area contributed by atoms with Gasteiger partial charge in [0.1, 0.15) is 11.0 Å². The Bertz CT molecular complexity index is 380. The molecule has 0 spiro atoms. The minimum Gasteiger partial charge on any atom is -0.369 e. The van der Waals surface area contributed by atoms with E-state index in [1.165, 1.54) is 4.31 Å². The second-order valence-electron chi connectivity index (χ2n) is 2.96. The molecule has 0 aliphatic carbocycles. The highest BCUT2D eigenvalue weighted by atomic mass is 35.5. The summed E-state index contributed by atoms with van der Waals surface area (Å²) in [7, 11) is 0.182. The third-order valence-electron chi connectivity index (χ3n) is 1.68. The van der Waals surface area contributed by atoms with Crippen molar-refractivity contribution in [2.45, 2.75) is 4.90 Å². The van der Waals surface area contributed by atoms with E-state index in [1.807, 2.05) is 0 Å². The molecular weight excluding hydrogens is 236 g/mol. The highest BCUT2D eigenvalue weighted by Crippen LogP contribution is 2.13. The van der Waals surface area contributed by atoms with E-state index < -0.39 is 16.9 Å². The number of hydrogen-bond donors (Lipinski definition) is 1. The van der Waals surface area contributed by atoms with Gasteiger partial charge < -0.3 is 5.73 Å². The van der Waals surface area contributed by atoms with Crippen molar-refractivity contribution in [3.63, 3.8) is 0 Å². The number of carbonyl (C=O) groups excluding carboxylic acids is 1.